The molecule has 0 saturated carbocycles. The lowest BCUT2D eigenvalue weighted by atomic mass is 10.1. The first-order chi connectivity index (χ1) is 9.06. The summed E-state index contributed by atoms with van der Waals surface area (Å²) < 4.78 is 4.39. The van der Waals surface area contributed by atoms with E-state index in [9.17, 15) is 0 Å². The molecule has 4 nitrogen and oxygen atoms in total. The maximum Gasteiger partial charge on any atom is 0.202 e. The average molecular weight is 276 g/mol. The van der Waals surface area contributed by atoms with Crippen LogP contribution in [0.25, 0.3) is 0 Å². The van der Waals surface area contributed by atoms with Gasteiger partial charge in [-0.25, -0.2) is 4.98 Å². The van der Waals surface area contributed by atoms with E-state index < -0.39 is 0 Å². The minimum absolute atomic E-state index is 0.0868. The van der Waals surface area contributed by atoms with Crippen molar-refractivity contribution in [1.82, 2.24) is 9.36 Å². The lowest BCUT2D eigenvalue weighted by Gasteiger charge is -2.15. The van der Waals surface area contributed by atoms with Crippen LogP contribution in [0.2, 0.25) is 0 Å². The molecule has 0 amide bonds. The Kier molecular flexibility index (Phi) is 4.50. The zero-order valence-corrected chi connectivity index (χ0v) is 12.4. The lowest BCUT2D eigenvalue weighted by Crippen LogP contribution is -2.35. The van der Waals surface area contributed by atoms with Gasteiger partial charge in [-0.05, 0) is 31.9 Å². The summed E-state index contributed by atoms with van der Waals surface area (Å²) in [6.07, 6.45) is 0.775. The van der Waals surface area contributed by atoms with Crippen molar-refractivity contribution in [3.63, 3.8) is 0 Å². The Balaban J connectivity index is 2.04. The van der Waals surface area contributed by atoms with E-state index in [0.29, 0.717) is 0 Å². The minimum atomic E-state index is 0.0868. The number of hydrogen-bond acceptors (Lipinski definition) is 5. The molecule has 5 heteroatoms. The molecule has 0 aliphatic heterocycles. The van der Waals surface area contributed by atoms with Gasteiger partial charge in [-0.3, -0.25) is 0 Å². The molecule has 1 aromatic carbocycles. The first-order valence-corrected chi connectivity index (χ1v) is 7.23. The van der Waals surface area contributed by atoms with Crippen molar-refractivity contribution >= 4 is 16.7 Å². The van der Waals surface area contributed by atoms with Gasteiger partial charge in [0.25, 0.3) is 0 Å². The fourth-order valence-electron chi connectivity index (χ4n) is 1.69. The van der Waals surface area contributed by atoms with E-state index in [1.54, 1.807) is 0 Å². The largest absolute Gasteiger partial charge is 0.356 e. The first kappa shape index (κ1) is 14.0. The topological polar surface area (TPSA) is 63.8 Å². The van der Waals surface area contributed by atoms with Gasteiger partial charge in [0.1, 0.15) is 5.82 Å². The number of rotatable bonds is 5. The van der Waals surface area contributed by atoms with Gasteiger partial charge in [0.15, 0.2) is 0 Å². The van der Waals surface area contributed by atoms with Gasteiger partial charge in [-0.15, -0.1) is 0 Å². The zero-order valence-electron chi connectivity index (χ0n) is 11.6. The van der Waals surface area contributed by atoms with Gasteiger partial charge < -0.3 is 11.1 Å². The second-order valence-electron chi connectivity index (χ2n) is 4.91. The summed E-state index contributed by atoms with van der Waals surface area (Å²) in [6.45, 7) is 6.14. The van der Waals surface area contributed by atoms with Gasteiger partial charge in [-0.1, -0.05) is 24.3 Å². The van der Waals surface area contributed by atoms with E-state index in [1.165, 1.54) is 22.7 Å². The fraction of sp³-hybridized carbons (Fsp3) is 0.429. The third kappa shape index (κ3) is 3.75. The third-order valence-electron chi connectivity index (χ3n) is 3.22. The van der Waals surface area contributed by atoms with Gasteiger partial charge in [-0.2, -0.15) is 4.37 Å². The monoisotopic (exact) mass is 276 g/mol. The molecule has 0 bridgehead atoms. The van der Waals surface area contributed by atoms with Crippen LogP contribution in [0.1, 0.15) is 30.8 Å². The molecule has 2 rings (SSSR count). The number of nitrogens with two attached hydrogens (primary N) is 1. The van der Waals surface area contributed by atoms with E-state index in [2.05, 4.69) is 33.7 Å². The van der Waals surface area contributed by atoms with Crippen LogP contribution in [-0.4, -0.2) is 21.4 Å². The molecule has 0 aliphatic carbocycles. The highest BCUT2D eigenvalue weighted by molar-refractivity contribution is 7.09. The molecule has 0 fully saturated rings. The van der Waals surface area contributed by atoms with Gasteiger partial charge in [0.2, 0.25) is 5.13 Å². The maximum absolute atomic E-state index is 5.83. The second-order valence-corrected chi connectivity index (χ2v) is 5.66. The van der Waals surface area contributed by atoms with E-state index in [1.807, 2.05) is 26.0 Å². The highest BCUT2D eigenvalue weighted by Crippen LogP contribution is 2.17. The molecule has 2 aromatic rings. The van der Waals surface area contributed by atoms with Crippen molar-refractivity contribution < 1.29 is 0 Å². The standard InChI is InChI=1S/C14H20N4S/c1-9-6-4-5-7-12(9)8-13-17-14(19-18-13)16-11(3)10(2)15/h4-7,10-11H,8,15H2,1-3H3,(H,16,17,18). The van der Waals surface area contributed by atoms with Crippen molar-refractivity contribution in [1.29, 1.82) is 0 Å². The Morgan fingerprint density at radius 2 is 2.05 bits per heavy atom. The summed E-state index contributed by atoms with van der Waals surface area (Å²) >= 11 is 1.39. The minimum Gasteiger partial charge on any atom is -0.356 e. The molecular weight excluding hydrogens is 256 g/mol. The number of nitrogens with zero attached hydrogens (tertiary/aromatic N) is 2. The Morgan fingerprint density at radius 1 is 1.32 bits per heavy atom. The van der Waals surface area contributed by atoms with Crippen LogP contribution in [0.15, 0.2) is 24.3 Å². The highest BCUT2D eigenvalue weighted by atomic mass is 32.1. The molecular formula is C14H20N4S. The Bertz CT molecular complexity index is 536. The molecule has 2 unspecified atom stereocenters. The number of nitrogens with one attached hydrogen (secondary N) is 1. The van der Waals surface area contributed by atoms with Crippen molar-refractivity contribution in [3.05, 3.63) is 41.2 Å². The summed E-state index contributed by atoms with van der Waals surface area (Å²) in [5.41, 5.74) is 8.37. The first-order valence-electron chi connectivity index (χ1n) is 6.45. The molecule has 3 N–H and O–H groups in total. The van der Waals surface area contributed by atoms with E-state index in [0.717, 1.165) is 17.4 Å². The number of anilines is 1. The quantitative estimate of drug-likeness (QED) is 0.881. The average Bonchev–Trinajstić information content (AvgIpc) is 2.79. The Hall–Kier alpha value is -1.46. The number of aromatic nitrogens is 2. The molecule has 0 spiro atoms. The summed E-state index contributed by atoms with van der Waals surface area (Å²) in [7, 11) is 0. The van der Waals surface area contributed by atoms with Crippen LogP contribution in [0.3, 0.4) is 0 Å². The smallest absolute Gasteiger partial charge is 0.202 e. The lowest BCUT2D eigenvalue weighted by molar-refractivity contribution is 0.638. The van der Waals surface area contributed by atoms with Crippen LogP contribution in [0.4, 0.5) is 5.13 Å². The summed E-state index contributed by atoms with van der Waals surface area (Å²) in [6, 6.07) is 8.60. The third-order valence-corrected chi connectivity index (χ3v) is 3.90. The number of aryl methyl sites for hydroxylation is 1. The molecule has 2 atom stereocenters. The molecule has 0 radical (unpaired) electrons. The van der Waals surface area contributed by atoms with Crippen LogP contribution in [-0.2, 0) is 6.42 Å². The number of benzene rings is 1. The Morgan fingerprint density at radius 3 is 2.74 bits per heavy atom. The summed E-state index contributed by atoms with van der Waals surface area (Å²) in [5, 5.41) is 4.12. The molecule has 1 aromatic heterocycles. The van der Waals surface area contributed by atoms with Gasteiger partial charge in [0.05, 0.1) is 0 Å². The normalized spacial score (nSPS) is 14.1. The van der Waals surface area contributed by atoms with Gasteiger partial charge >= 0.3 is 0 Å². The molecule has 0 aliphatic rings. The van der Waals surface area contributed by atoms with Crippen molar-refractivity contribution in [2.75, 3.05) is 5.32 Å². The van der Waals surface area contributed by atoms with Gasteiger partial charge in [0, 0.05) is 30.0 Å². The fourth-order valence-corrected chi connectivity index (χ4v) is 2.37. The molecule has 19 heavy (non-hydrogen) atoms. The van der Waals surface area contributed by atoms with Crippen LogP contribution in [0, 0.1) is 6.92 Å². The number of hydrogen-bond donors (Lipinski definition) is 2. The molecule has 0 saturated heterocycles. The summed E-state index contributed by atoms with van der Waals surface area (Å²) in [4.78, 5) is 4.51. The van der Waals surface area contributed by atoms with Crippen molar-refractivity contribution in [2.24, 2.45) is 5.73 Å². The summed E-state index contributed by atoms with van der Waals surface area (Å²) in [5.74, 6) is 0.860. The SMILES string of the molecule is Cc1ccccc1Cc1nsc(NC(C)C(C)N)n1. The second kappa shape index (κ2) is 6.12. The van der Waals surface area contributed by atoms with Crippen LogP contribution < -0.4 is 11.1 Å². The van der Waals surface area contributed by atoms with Crippen molar-refractivity contribution in [2.45, 2.75) is 39.3 Å². The van der Waals surface area contributed by atoms with Crippen LogP contribution >= 0.6 is 11.5 Å². The van der Waals surface area contributed by atoms with E-state index in [-0.39, 0.29) is 12.1 Å². The predicted molar refractivity (Wildman–Crippen MR) is 80.6 cm³/mol. The maximum atomic E-state index is 5.83. The molecule has 102 valence electrons. The molecule has 1 heterocycles. The van der Waals surface area contributed by atoms with E-state index >= 15 is 0 Å². The van der Waals surface area contributed by atoms with Crippen molar-refractivity contribution in [3.8, 4) is 0 Å². The Labute approximate surface area is 118 Å². The van der Waals surface area contributed by atoms with E-state index in [4.69, 9.17) is 5.73 Å². The highest BCUT2D eigenvalue weighted by Gasteiger charge is 2.11. The predicted octanol–water partition coefficient (Wildman–Crippen LogP) is 2.58. The van der Waals surface area contributed by atoms with Crippen LogP contribution in [0.5, 0.6) is 0 Å². The zero-order chi connectivity index (χ0) is 13.8.